The zero-order chi connectivity index (χ0) is 26.7. The van der Waals surface area contributed by atoms with Gasteiger partial charge in [0.05, 0.1) is 0 Å². The summed E-state index contributed by atoms with van der Waals surface area (Å²) >= 11 is 0. The third kappa shape index (κ3) is 4.29. The lowest BCUT2D eigenvalue weighted by atomic mass is 9.56. The van der Waals surface area contributed by atoms with Gasteiger partial charge in [0.2, 0.25) is 5.91 Å². The third-order valence-corrected chi connectivity index (χ3v) is 9.84. The zero-order valence-electron chi connectivity index (χ0n) is 22.7. The van der Waals surface area contributed by atoms with Crippen molar-refractivity contribution in [1.29, 1.82) is 0 Å². The van der Waals surface area contributed by atoms with Crippen LogP contribution >= 0.6 is 0 Å². The van der Waals surface area contributed by atoms with Crippen molar-refractivity contribution in [2.45, 2.75) is 65.7 Å². The molecule has 2 saturated carbocycles. The van der Waals surface area contributed by atoms with Crippen LogP contribution in [0.15, 0.2) is 60.2 Å². The monoisotopic (exact) mass is 503 g/mol. The van der Waals surface area contributed by atoms with Gasteiger partial charge in [0.25, 0.3) is 0 Å². The summed E-state index contributed by atoms with van der Waals surface area (Å²) in [5.74, 6) is 2.35. The first-order valence-electron chi connectivity index (χ1n) is 13.8. The number of fused-ring (bicyclic) bond motifs is 3. The topological polar surface area (TPSA) is 75.6 Å². The Hall–Kier alpha value is -2.66. The van der Waals surface area contributed by atoms with E-state index < -0.39 is 5.72 Å². The van der Waals surface area contributed by atoms with Crippen LogP contribution in [-0.2, 0) is 16.0 Å². The second kappa shape index (κ2) is 9.27. The fourth-order valence-electron chi connectivity index (χ4n) is 8.91. The van der Waals surface area contributed by atoms with Gasteiger partial charge in [-0.15, -0.1) is 6.58 Å². The van der Waals surface area contributed by atoms with Gasteiger partial charge in [-0.2, -0.15) is 0 Å². The van der Waals surface area contributed by atoms with Crippen LogP contribution in [0.3, 0.4) is 0 Å². The molecule has 0 saturated heterocycles. The van der Waals surface area contributed by atoms with Gasteiger partial charge in [-0.1, -0.05) is 50.6 Å². The van der Waals surface area contributed by atoms with Gasteiger partial charge in [-0.25, -0.2) is 0 Å². The molecule has 0 aromatic heterocycles. The van der Waals surface area contributed by atoms with E-state index in [1.165, 1.54) is 12.0 Å². The van der Waals surface area contributed by atoms with Crippen LogP contribution in [0, 0.1) is 46.8 Å². The van der Waals surface area contributed by atoms with Gasteiger partial charge in [0.1, 0.15) is 18.1 Å². The van der Waals surface area contributed by atoms with E-state index in [4.69, 9.17) is 4.74 Å². The number of aldehydes is 1. The van der Waals surface area contributed by atoms with Crippen molar-refractivity contribution in [3.05, 3.63) is 65.8 Å². The number of rotatable bonds is 6. The van der Waals surface area contributed by atoms with Gasteiger partial charge in [-0.3, -0.25) is 4.79 Å². The van der Waals surface area contributed by atoms with Gasteiger partial charge >= 0.3 is 0 Å². The largest absolute Gasteiger partial charge is 0.490 e. The molecule has 37 heavy (non-hydrogen) atoms. The minimum atomic E-state index is -1.36. The molecule has 10 atom stereocenters. The molecule has 0 spiro atoms. The Balaban J connectivity index is 1.46. The van der Waals surface area contributed by atoms with E-state index in [2.05, 4.69) is 45.7 Å². The van der Waals surface area contributed by atoms with Crippen LogP contribution in [0.25, 0.3) is 0 Å². The van der Waals surface area contributed by atoms with E-state index in [-0.39, 0.29) is 35.2 Å². The molecule has 1 aromatic rings. The van der Waals surface area contributed by atoms with Crippen molar-refractivity contribution in [3.63, 3.8) is 0 Å². The summed E-state index contributed by atoms with van der Waals surface area (Å²) in [5, 5.41) is 13.4. The number of amides is 1. The van der Waals surface area contributed by atoms with Crippen molar-refractivity contribution < 1.29 is 19.4 Å². The molecule has 5 rings (SSSR count). The maximum atomic E-state index is 12.5. The number of hydrogen-bond acceptors (Lipinski definition) is 4. The quantitative estimate of drug-likeness (QED) is 0.411. The smallest absolute Gasteiger partial charge is 0.249 e. The summed E-state index contributed by atoms with van der Waals surface area (Å²) in [4.78, 5) is 24.4. The highest BCUT2D eigenvalue weighted by Gasteiger charge is 2.65. The fraction of sp³-hybridized carbons (Fsp3) is 0.562. The molecular weight excluding hydrogens is 462 g/mol. The lowest BCUT2D eigenvalue weighted by molar-refractivity contribution is -0.120. The maximum Gasteiger partial charge on any atom is 0.249 e. The Labute approximate surface area is 221 Å². The van der Waals surface area contributed by atoms with Crippen molar-refractivity contribution in [2.75, 3.05) is 0 Å². The Morgan fingerprint density at radius 3 is 2.51 bits per heavy atom. The molecular formula is C32H41NO4. The van der Waals surface area contributed by atoms with Gasteiger partial charge in [-0.05, 0) is 73.6 Å². The number of aliphatic hydroxyl groups is 1. The summed E-state index contributed by atoms with van der Waals surface area (Å²) in [6, 6.07) is 7.82. The number of carbonyl (C=O) groups is 2. The van der Waals surface area contributed by atoms with Crippen LogP contribution in [0.2, 0.25) is 0 Å². The van der Waals surface area contributed by atoms with Crippen LogP contribution in [0.1, 0.15) is 53.0 Å². The van der Waals surface area contributed by atoms with Crippen LogP contribution < -0.4 is 10.1 Å². The van der Waals surface area contributed by atoms with E-state index >= 15 is 0 Å². The predicted molar refractivity (Wildman–Crippen MR) is 145 cm³/mol. The maximum absolute atomic E-state index is 12.5. The van der Waals surface area contributed by atoms with Crippen LogP contribution in [-0.4, -0.2) is 29.1 Å². The number of carbonyl (C=O) groups excluding carboxylic acids is 2. The molecule has 2 fully saturated rings. The molecule has 5 heteroatoms. The standard InChI is InChI=1S/C32H41NO4/c1-7-23-13-20(4)27-26(25(23)17-34)29(28-19(3)12-18(2)14-31(27,28)6)37-24-10-8-22(9-11-24)16-32(36)15-21(5)30(35)33-32/h7-11,13,15,17-19,23,25-29,36H,1,12,14,16H2,2-6H3,(H,33,35)/t18-,19+,23-,25+,26-,27+,28+,29+,31+,32+/m1/s1. The van der Waals surface area contributed by atoms with E-state index in [9.17, 15) is 14.7 Å². The highest BCUT2D eigenvalue weighted by molar-refractivity contribution is 5.96. The molecule has 198 valence electrons. The van der Waals surface area contributed by atoms with Gasteiger partial charge in [0, 0.05) is 35.7 Å². The molecule has 3 aliphatic carbocycles. The Morgan fingerprint density at radius 2 is 1.92 bits per heavy atom. The highest BCUT2D eigenvalue weighted by atomic mass is 16.5. The molecule has 0 bridgehead atoms. The highest BCUT2D eigenvalue weighted by Crippen LogP contribution is 2.66. The summed E-state index contributed by atoms with van der Waals surface area (Å²) in [6.45, 7) is 15.1. The number of ether oxygens (including phenoxy) is 1. The Kier molecular flexibility index (Phi) is 6.50. The van der Waals surface area contributed by atoms with Crippen molar-refractivity contribution in [2.24, 2.45) is 46.8 Å². The van der Waals surface area contributed by atoms with Crippen molar-refractivity contribution >= 4 is 12.2 Å². The molecule has 1 amide bonds. The molecule has 1 aliphatic heterocycles. The SMILES string of the molecule is C=C[C@@H]1C=C(C)[C@H]2[C@@H]([C@H]1C=O)[C@H](Oc1ccc(C[C@@]3(O)C=C(C)C(=O)N3)cc1)[C@@H]1[C@@H](C)C[C@@H](C)C[C@]12C. The molecule has 5 nitrogen and oxygen atoms in total. The summed E-state index contributed by atoms with van der Waals surface area (Å²) in [5.41, 5.74) is 1.52. The summed E-state index contributed by atoms with van der Waals surface area (Å²) < 4.78 is 6.88. The molecule has 1 heterocycles. The van der Waals surface area contributed by atoms with Crippen LogP contribution in [0.4, 0.5) is 0 Å². The molecule has 0 radical (unpaired) electrons. The first-order chi connectivity index (χ1) is 17.5. The Morgan fingerprint density at radius 1 is 1.22 bits per heavy atom. The normalized spacial score (nSPS) is 42.7. The fourth-order valence-corrected chi connectivity index (χ4v) is 8.91. The average Bonchev–Trinajstić information content (AvgIpc) is 3.23. The predicted octanol–water partition coefficient (Wildman–Crippen LogP) is 5.25. The molecule has 4 aliphatic rings. The number of benzene rings is 1. The van der Waals surface area contributed by atoms with E-state index in [1.54, 1.807) is 13.0 Å². The van der Waals surface area contributed by atoms with E-state index in [1.807, 2.05) is 30.3 Å². The average molecular weight is 504 g/mol. The first-order valence-corrected chi connectivity index (χ1v) is 13.8. The number of hydrogen-bond donors (Lipinski definition) is 2. The zero-order valence-corrected chi connectivity index (χ0v) is 22.7. The van der Waals surface area contributed by atoms with Gasteiger partial charge < -0.3 is 20.0 Å². The molecule has 1 aromatic carbocycles. The minimum Gasteiger partial charge on any atom is -0.490 e. The number of nitrogens with one attached hydrogen (secondary N) is 1. The minimum absolute atomic E-state index is 0.0302. The summed E-state index contributed by atoms with van der Waals surface area (Å²) in [6.07, 6.45) is 9.48. The molecule has 2 N–H and O–H groups in total. The summed E-state index contributed by atoms with van der Waals surface area (Å²) in [7, 11) is 0. The second-order valence-corrected chi connectivity index (χ2v) is 12.7. The third-order valence-electron chi connectivity index (χ3n) is 9.84. The van der Waals surface area contributed by atoms with Crippen molar-refractivity contribution in [1.82, 2.24) is 5.32 Å². The van der Waals surface area contributed by atoms with Crippen molar-refractivity contribution in [3.8, 4) is 5.75 Å². The van der Waals surface area contributed by atoms with Crippen LogP contribution in [0.5, 0.6) is 5.75 Å². The number of allylic oxidation sites excluding steroid dienone is 3. The first kappa shape index (κ1) is 26.0. The lowest BCUT2D eigenvalue weighted by Crippen LogP contribution is -2.44. The second-order valence-electron chi connectivity index (χ2n) is 12.7. The molecule has 0 unspecified atom stereocenters. The Bertz CT molecular complexity index is 1150. The van der Waals surface area contributed by atoms with Gasteiger partial charge in [0.15, 0.2) is 5.72 Å². The lowest BCUT2D eigenvalue weighted by Gasteiger charge is -2.48. The van der Waals surface area contributed by atoms with E-state index in [0.29, 0.717) is 35.7 Å². The van der Waals surface area contributed by atoms with E-state index in [0.717, 1.165) is 24.0 Å².